The van der Waals surface area contributed by atoms with Crippen LogP contribution in [0.5, 0.6) is 0 Å². The van der Waals surface area contributed by atoms with Crippen LogP contribution >= 0.6 is 0 Å². The first-order chi connectivity index (χ1) is 10.0. The summed E-state index contributed by atoms with van der Waals surface area (Å²) in [7, 11) is -3.09. The Kier molecular flexibility index (Phi) is 4.28. The molecule has 1 aliphatic carbocycles. The molecule has 0 unspecified atom stereocenters. The van der Waals surface area contributed by atoms with E-state index < -0.39 is 10.0 Å². The van der Waals surface area contributed by atoms with Gasteiger partial charge in [-0.05, 0) is 43.4 Å². The minimum atomic E-state index is -3.09. The summed E-state index contributed by atoms with van der Waals surface area (Å²) in [4.78, 5) is 2.25. The highest BCUT2D eigenvalue weighted by atomic mass is 32.2. The molecule has 2 fully saturated rings. The molecule has 21 heavy (non-hydrogen) atoms. The zero-order valence-electron chi connectivity index (χ0n) is 12.0. The lowest BCUT2D eigenvalue weighted by Gasteiger charge is -2.32. The molecule has 1 N–H and O–H groups in total. The first kappa shape index (κ1) is 14.9. The molecule has 1 saturated carbocycles. The number of rotatable bonds is 5. The van der Waals surface area contributed by atoms with Crippen LogP contribution in [0.4, 0.5) is 4.39 Å². The fourth-order valence-corrected chi connectivity index (χ4v) is 4.46. The fraction of sp³-hybridized carbons (Fsp3) is 0.600. The van der Waals surface area contributed by atoms with Crippen molar-refractivity contribution in [2.24, 2.45) is 0 Å². The lowest BCUT2D eigenvalue weighted by molar-refractivity contribution is 0.199. The summed E-state index contributed by atoms with van der Waals surface area (Å²) in [5.41, 5.74) is 0.965. The Bertz CT molecular complexity index is 593. The molecular formula is C15H21FN2O2S. The van der Waals surface area contributed by atoms with Crippen molar-refractivity contribution in [1.29, 1.82) is 0 Å². The van der Waals surface area contributed by atoms with Crippen LogP contribution in [0.2, 0.25) is 0 Å². The number of piperidine rings is 1. The SMILES string of the molecule is O=S(=O)(NC1CCN(Cc2cccc(F)c2)CC1)C1CC1. The number of hydrogen-bond donors (Lipinski definition) is 1. The second-order valence-corrected chi connectivity index (χ2v) is 8.03. The van der Waals surface area contributed by atoms with E-state index >= 15 is 0 Å². The molecule has 1 aliphatic heterocycles. The van der Waals surface area contributed by atoms with Gasteiger partial charge in [-0.2, -0.15) is 0 Å². The summed E-state index contributed by atoms with van der Waals surface area (Å²) < 4.78 is 39.8. The molecule has 116 valence electrons. The summed E-state index contributed by atoms with van der Waals surface area (Å²) in [6.45, 7) is 2.41. The summed E-state index contributed by atoms with van der Waals surface area (Å²) in [5.74, 6) is -0.209. The van der Waals surface area contributed by atoms with E-state index in [-0.39, 0.29) is 17.1 Å². The molecule has 4 nitrogen and oxygen atoms in total. The quantitative estimate of drug-likeness (QED) is 0.903. The second kappa shape index (κ2) is 6.02. The lowest BCUT2D eigenvalue weighted by Crippen LogP contribution is -2.45. The number of halogens is 1. The highest BCUT2D eigenvalue weighted by molar-refractivity contribution is 7.90. The summed E-state index contributed by atoms with van der Waals surface area (Å²) in [6.07, 6.45) is 3.24. The number of nitrogens with zero attached hydrogens (tertiary/aromatic N) is 1. The normalized spacial score (nSPS) is 21.6. The van der Waals surface area contributed by atoms with E-state index in [2.05, 4.69) is 9.62 Å². The van der Waals surface area contributed by atoms with Gasteiger partial charge in [-0.25, -0.2) is 17.5 Å². The summed E-state index contributed by atoms with van der Waals surface area (Å²) in [6, 6.07) is 6.70. The minimum absolute atomic E-state index is 0.0550. The Morgan fingerprint density at radius 3 is 2.52 bits per heavy atom. The number of hydrogen-bond acceptors (Lipinski definition) is 3. The fourth-order valence-electron chi connectivity index (χ4n) is 2.81. The molecule has 0 bridgehead atoms. The number of sulfonamides is 1. The van der Waals surface area contributed by atoms with E-state index in [4.69, 9.17) is 0 Å². The van der Waals surface area contributed by atoms with Gasteiger partial charge in [0.15, 0.2) is 0 Å². The number of likely N-dealkylation sites (tertiary alicyclic amines) is 1. The van der Waals surface area contributed by atoms with Gasteiger partial charge < -0.3 is 0 Å². The van der Waals surface area contributed by atoms with E-state index in [1.807, 2.05) is 6.07 Å². The van der Waals surface area contributed by atoms with Crippen molar-refractivity contribution in [2.75, 3.05) is 13.1 Å². The Morgan fingerprint density at radius 2 is 1.90 bits per heavy atom. The van der Waals surface area contributed by atoms with Crippen molar-refractivity contribution < 1.29 is 12.8 Å². The Morgan fingerprint density at radius 1 is 1.19 bits per heavy atom. The average molecular weight is 312 g/mol. The van der Waals surface area contributed by atoms with Gasteiger partial charge in [0.25, 0.3) is 0 Å². The maximum absolute atomic E-state index is 13.2. The van der Waals surface area contributed by atoms with Crippen LogP contribution in [-0.4, -0.2) is 37.7 Å². The molecule has 6 heteroatoms. The van der Waals surface area contributed by atoms with Crippen molar-refractivity contribution in [3.63, 3.8) is 0 Å². The maximum Gasteiger partial charge on any atom is 0.214 e. The van der Waals surface area contributed by atoms with Gasteiger partial charge in [0.05, 0.1) is 5.25 Å². The minimum Gasteiger partial charge on any atom is -0.299 e. The zero-order valence-corrected chi connectivity index (χ0v) is 12.8. The van der Waals surface area contributed by atoms with Crippen molar-refractivity contribution in [3.8, 4) is 0 Å². The Balaban J connectivity index is 1.49. The lowest BCUT2D eigenvalue weighted by atomic mass is 10.1. The van der Waals surface area contributed by atoms with Crippen LogP contribution in [0.1, 0.15) is 31.2 Å². The molecule has 0 spiro atoms. The van der Waals surface area contributed by atoms with E-state index in [9.17, 15) is 12.8 Å². The molecular weight excluding hydrogens is 291 g/mol. The standard InChI is InChI=1S/C15H21FN2O2S/c16-13-3-1-2-12(10-13)11-18-8-6-14(7-9-18)17-21(19,20)15-4-5-15/h1-3,10,14-15,17H,4-9,11H2. The van der Waals surface area contributed by atoms with Crippen molar-refractivity contribution in [1.82, 2.24) is 9.62 Å². The molecule has 0 amide bonds. The van der Waals surface area contributed by atoms with E-state index in [1.165, 1.54) is 6.07 Å². The van der Waals surface area contributed by atoms with Gasteiger partial charge in [-0.3, -0.25) is 4.90 Å². The van der Waals surface area contributed by atoms with Gasteiger partial charge in [-0.15, -0.1) is 0 Å². The van der Waals surface area contributed by atoms with Crippen LogP contribution in [-0.2, 0) is 16.6 Å². The molecule has 1 heterocycles. The summed E-state index contributed by atoms with van der Waals surface area (Å²) in [5, 5.41) is -0.150. The van der Waals surface area contributed by atoms with Crippen LogP contribution in [0.3, 0.4) is 0 Å². The molecule has 2 aliphatic rings. The molecule has 1 aromatic rings. The van der Waals surface area contributed by atoms with Gasteiger partial charge in [0.2, 0.25) is 10.0 Å². The molecule has 0 atom stereocenters. The molecule has 1 saturated heterocycles. The van der Waals surface area contributed by atoms with Crippen LogP contribution in [0.15, 0.2) is 24.3 Å². The van der Waals surface area contributed by atoms with Crippen LogP contribution in [0, 0.1) is 5.82 Å². The Hall–Kier alpha value is -0.980. The van der Waals surface area contributed by atoms with Gasteiger partial charge in [0.1, 0.15) is 5.82 Å². The van der Waals surface area contributed by atoms with Crippen molar-refractivity contribution in [2.45, 2.75) is 43.5 Å². The van der Waals surface area contributed by atoms with Crippen molar-refractivity contribution in [3.05, 3.63) is 35.6 Å². The van der Waals surface area contributed by atoms with Gasteiger partial charge in [0, 0.05) is 25.7 Å². The largest absolute Gasteiger partial charge is 0.299 e. The number of nitrogens with one attached hydrogen (secondary N) is 1. The second-order valence-electron chi connectivity index (χ2n) is 6.04. The highest BCUT2D eigenvalue weighted by Crippen LogP contribution is 2.28. The first-order valence-electron chi connectivity index (χ1n) is 7.51. The van der Waals surface area contributed by atoms with Crippen molar-refractivity contribution >= 4 is 10.0 Å². The van der Waals surface area contributed by atoms with E-state index in [0.29, 0.717) is 0 Å². The van der Waals surface area contributed by atoms with Crippen LogP contribution < -0.4 is 4.72 Å². The third-order valence-electron chi connectivity index (χ3n) is 4.18. The predicted molar refractivity (Wildman–Crippen MR) is 79.8 cm³/mol. The molecule has 3 rings (SSSR count). The van der Waals surface area contributed by atoms with Crippen LogP contribution in [0.25, 0.3) is 0 Å². The first-order valence-corrected chi connectivity index (χ1v) is 9.05. The van der Waals surface area contributed by atoms with Gasteiger partial charge in [-0.1, -0.05) is 12.1 Å². The maximum atomic E-state index is 13.2. The zero-order chi connectivity index (χ0) is 14.9. The number of benzene rings is 1. The monoisotopic (exact) mass is 312 g/mol. The van der Waals surface area contributed by atoms with E-state index in [1.54, 1.807) is 12.1 Å². The average Bonchev–Trinajstić information content (AvgIpc) is 3.25. The molecule has 0 radical (unpaired) electrons. The van der Waals surface area contributed by atoms with E-state index in [0.717, 1.165) is 50.9 Å². The highest BCUT2D eigenvalue weighted by Gasteiger charge is 2.37. The third-order valence-corrected chi connectivity index (χ3v) is 6.19. The third kappa shape index (κ3) is 4.02. The topological polar surface area (TPSA) is 49.4 Å². The predicted octanol–water partition coefficient (Wildman–Crippen LogP) is 1.87. The molecule has 1 aromatic carbocycles. The molecule has 0 aromatic heterocycles. The summed E-state index contributed by atoms with van der Waals surface area (Å²) >= 11 is 0. The Labute approximate surface area is 125 Å². The van der Waals surface area contributed by atoms with Gasteiger partial charge >= 0.3 is 0 Å². The smallest absolute Gasteiger partial charge is 0.214 e.